The van der Waals surface area contributed by atoms with Gasteiger partial charge >= 0.3 is 5.97 Å². The number of hydrogen-bond acceptors (Lipinski definition) is 4. The van der Waals surface area contributed by atoms with Crippen LogP contribution in [0.5, 0.6) is 0 Å². The van der Waals surface area contributed by atoms with Crippen LogP contribution in [0.3, 0.4) is 0 Å². The summed E-state index contributed by atoms with van der Waals surface area (Å²) in [6.07, 6.45) is -0.221. The van der Waals surface area contributed by atoms with Crippen LogP contribution in [0.4, 0.5) is 0 Å². The van der Waals surface area contributed by atoms with Gasteiger partial charge in [-0.05, 0) is 11.5 Å². The molecule has 22 heavy (non-hydrogen) atoms. The van der Waals surface area contributed by atoms with Crippen LogP contribution in [-0.2, 0) is 14.4 Å². The Labute approximate surface area is 128 Å². The number of rotatable bonds is 3. The SMILES string of the molecule is C[C@@H]1CN(C(=O)C2CC(c3ccccc3)=NO2)C[C@H]1C(=O)O. The minimum Gasteiger partial charge on any atom is -0.481 e. The van der Waals surface area contributed by atoms with Gasteiger partial charge in [-0.15, -0.1) is 0 Å². The van der Waals surface area contributed by atoms with Crippen molar-refractivity contribution in [2.45, 2.75) is 19.4 Å². The third kappa shape index (κ3) is 2.68. The molecule has 1 aromatic rings. The standard InChI is InChI=1S/C16H18N2O4/c1-10-8-18(9-12(10)16(20)21)15(19)14-7-13(17-22-14)11-5-3-2-4-6-11/h2-6,10,12,14H,7-9H2,1H3,(H,20,21)/t10-,12-,14?/m1/s1. The fraction of sp³-hybridized carbons (Fsp3) is 0.438. The fourth-order valence-electron chi connectivity index (χ4n) is 2.98. The van der Waals surface area contributed by atoms with Gasteiger partial charge in [0.1, 0.15) is 0 Å². The third-order valence-electron chi connectivity index (χ3n) is 4.29. The Morgan fingerprint density at radius 2 is 2.00 bits per heavy atom. The van der Waals surface area contributed by atoms with E-state index in [-0.39, 0.29) is 18.4 Å². The number of oxime groups is 1. The van der Waals surface area contributed by atoms with E-state index in [0.717, 1.165) is 11.3 Å². The van der Waals surface area contributed by atoms with Crippen molar-refractivity contribution in [2.75, 3.05) is 13.1 Å². The van der Waals surface area contributed by atoms with Gasteiger partial charge in [-0.25, -0.2) is 0 Å². The van der Waals surface area contributed by atoms with Gasteiger partial charge in [-0.2, -0.15) is 0 Å². The highest BCUT2D eigenvalue weighted by atomic mass is 16.6. The first-order valence-electron chi connectivity index (χ1n) is 7.36. The summed E-state index contributed by atoms with van der Waals surface area (Å²) in [5, 5.41) is 13.2. The van der Waals surface area contributed by atoms with Crippen LogP contribution in [0, 0.1) is 11.8 Å². The quantitative estimate of drug-likeness (QED) is 0.914. The van der Waals surface area contributed by atoms with Gasteiger partial charge in [-0.3, -0.25) is 9.59 Å². The van der Waals surface area contributed by atoms with Gasteiger partial charge in [-0.1, -0.05) is 42.4 Å². The fourth-order valence-corrected chi connectivity index (χ4v) is 2.98. The largest absolute Gasteiger partial charge is 0.481 e. The minimum absolute atomic E-state index is 0.0441. The van der Waals surface area contributed by atoms with Gasteiger partial charge in [0.15, 0.2) is 0 Å². The van der Waals surface area contributed by atoms with E-state index in [1.807, 2.05) is 37.3 Å². The number of likely N-dealkylation sites (tertiary alicyclic amines) is 1. The van der Waals surface area contributed by atoms with E-state index >= 15 is 0 Å². The molecule has 0 aliphatic carbocycles. The third-order valence-corrected chi connectivity index (χ3v) is 4.29. The molecular weight excluding hydrogens is 284 g/mol. The Hall–Kier alpha value is -2.37. The molecule has 1 aromatic carbocycles. The number of carbonyl (C=O) groups excluding carboxylic acids is 1. The number of carboxylic acid groups (broad SMARTS) is 1. The van der Waals surface area contributed by atoms with Gasteiger partial charge in [0.25, 0.3) is 5.91 Å². The number of carboxylic acids is 1. The van der Waals surface area contributed by atoms with E-state index in [1.165, 1.54) is 0 Å². The topological polar surface area (TPSA) is 79.2 Å². The van der Waals surface area contributed by atoms with Crippen LogP contribution in [0.1, 0.15) is 18.9 Å². The summed E-state index contributed by atoms with van der Waals surface area (Å²) in [6.45, 7) is 2.56. The second kappa shape index (κ2) is 5.79. The molecule has 1 saturated heterocycles. The molecule has 0 bridgehead atoms. The molecule has 0 radical (unpaired) electrons. The molecule has 116 valence electrons. The summed E-state index contributed by atoms with van der Waals surface area (Å²) in [5.41, 5.74) is 1.69. The van der Waals surface area contributed by atoms with Crippen molar-refractivity contribution in [3.8, 4) is 0 Å². The molecule has 2 aliphatic heterocycles. The first kappa shape index (κ1) is 14.6. The van der Waals surface area contributed by atoms with E-state index in [2.05, 4.69) is 5.16 Å². The number of aliphatic carboxylic acids is 1. The normalized spacial score (nSPS) is 27.4. The summed E-state index contributed by atoms with van der Waals surface area (Å²) < 4.78 is 0. The van der Waals surface area contributed by atoms with Crippen LogP contribution in [0.25, 0.3) is 0 Å². The molecule has 1 N–H and O–H groups in total. The Morgan fingerprint density at radius 1 is 1.27 bits per heavy atom. The Kier molecular flexibility index (Phi) is 3.83. The Morgan fingerprint density at radius 3 is 2.64 bits per heavy atom. The van der Waals surface area contributed by atoms with Crippen molar-refractivity contribution in [3.63, 3.8) is 0 Å². The highest BCUT2D eigenvalue weighted by molar-refractivity contribution is 6.04. The molecule has 0 saturated carbocycles. The average Bonchev–Trinajstić information content (AvgIpc) is 3.14. The smallest absolute Gasteiger partial charge is 0.308 e. The molecule has 3 atom stereocenters. The summed E-state index contributed by atoms with van der Waals surface area (Å²) in [4.78, 5) is 30.5. The van der Waals surface area contributed by atoms with Crippen LogP contribution in [0.2, 0.25) is 0 Å². The average molecular weight is 302 g/mol. The minimum atomic E-state index is -0.851. The van der Waals surface area contributed by atoms with Gasteiger partial charge in [0, 0.05) is 19.5 Å². The maximum Gasteiger partial charge on any atom is 0.308 e. The van der Waals surface area contributed by atoms with Crippen molar-refractivity contribution < 1.29 is 19.5 Å². The summed E-state index contributed by atoms with van der Waals surface area (Å²) in [7, 11) is 0. The zero-order valence-corrected chi connectivity index (χ0v) is 12.3. The zero-order valence-electron chi connectivity index (χ0n) is 12.3. The highest BCUT2D eigenvalue weighted by Crippen LogP contribution is 2.26. The van der Waals surface area contributed by atoms with Crippen LogP contribution in [0.15, 0.2) is 35.5 Å². The predicted molar refractivity (Wildman–Crippen MR) is 79.3 cm³/mol. The number of benzene rings is 1. The number of hydrogen-bond donors (Lipinski definition) is 1. The van der Waals surface area contributed by atoms with Crippen molar-refractivity contribution in [1.82, 2.24) is 4.90 Å². The molecule has 2 aliphatic rings. The maximum atomic E-state index is 12.5. The van der Waals surface area contributed by atoms with E-state index in [1.54, 1.807) is 4.90 Å². The van der Waals surface area contributed by atoms with Crippen molar-refractivity contribution in [2.24, 2.45) is 17.0 Å². The van der Waals surface area contributed by atoms with Crippen LogP contribution in [-0.4, -0.2) is 46.8 Å². The lowest BCUT2D eigenvalue weighted by molar-refractivity contribution is -0.143. The van der Waals surface area contributed by atoms with Gasteiger partial charge in [0.05, 0.1) is 11.6 Å². The molecule has 3 rings (SSSR count). The van der Waals surface area contributed by atoms with Crippen molar-refractivity contribution in [1.29, 1.82) is 0 Å². The second-order valence-corrected chi connectivity index (χ2v) is 5.87. The lowest BCUT2D eigenvalue weighted by Crippen LogP contribution is -2.38. The maximum absolute atomic E-state index is 12.5. The number of carbonyl (C=O) groups is 2. The first-order valence-corrected chi connectivity index (χ1v) is 7.36. The Balaban J connectivity index is 1.63. The van der Waals surface area contributed by atoms with Crippen LogP contribution < -0.4 is 0 Å². The summed E-state index contributed by atoms with van der Waals surface area (Å²) >= 11 is 0. The Bertz CT molecular complexity index is 614. The molecule has 0 spiro atoms. The molecule has 1 unspecified atom stereocenters. The lowest BCUT2D eigenvalue weighted by atomic mass is 9.99. The van der Waals surface area contributed by atoms with E-state index in [9.17, 15) is 9.59 Å². The monoisotopic (exact) mass is 302 g/mol. The molecular formula is C16H18N2O4. The summed E-state index contributed by atoms with van der Waals surface area (Å²) in [5.74, 6) is -1.57. The molecule has 2 heterocycles. The molecule has 1 amide bonds. The summed E-state index contributed by atoms with van der Waals surface area (Å²) in [6, 6.07) is 9.58. The number of amides is 1. The van der Waals surface area contributed by atoms with Gasteiger partial charge in [0.2, 0.25) is 6.10 Å². The molecule has 1 fully saturated rings. The van der Waals surface area contributed by atoms with Crippen molar-refractivity contribution in [3.05, 3.63) is 35.9 Å². The zero-order chi connectivity index (χ0) is 15.7. The van der Waals surface area contributed by atoms with E-state index < -0.39 is 18.0 Å². The lowest BCUT2D eigenvalue weighted by Gasteiger charge is -2.18. The first-order chi connectivity index (χ1) is 10.6. The van der Waals surface area contributed by atoms with E-state index in [4.69, 9.17) is 9.94 Å². The van der Waals surface area contributed by atoms with Crippen LogP contribution >= 0.6 is 0 Å². The molecule has 6 nitrogen and oxygen atoms in total. The molecule has 0 aromatic heterocycles. The van der Waals surface area contributed by atoms with Crippen molar-refractivity contribution >= 4 is 17.6 Å². The number of nitrogens with zero attached hydrogens (tertiary/aromatic N) is 2. The second-order valence-electron chi connectivity index (χ2n) is 5.87. The highest BCUT2D eigenvalue weighted by Gasteiger charge is 2.41. The predicted octanol–water partition coefficient (Wildman–Crippen LogP) is 1.36. The molecule has 6 heteroatoms. The van der Waals surface area contributed by atoms with Gasteiger partial charge < -0.3 is 14.8 Å². The van der Waals surface area contributed by atoms with E-state index in [0.29, 0.717) is 13.0 Å².